The van der Waals surface area contributed by atoms with Gasteiger partial charge in [0.15, 0.2) is 6.23 Å². The molecular weight excluding hydrogens is 327 g/mol. The highest BCUT2D eigenvalue weighted by atomic mass is 31.2. The van der Waals surface area contributed by atoms with Crippen molar-refractivity contribution < 1.29 is 48.2 Å². The molecule has 0 saturated carbocycles. The highest BCUT2D eigenvalue weighted by Crippen LogP contribution is 2.37. The van der Waals surface area contributed by atoms with Crippen molar-refractivity contribution in [1.29, 1.82) is 0 Å². The molecule has 0 aromatic heterocycles. The van der Waals surface area contributed by atoms with E-state index >= 15 is 0 Å². The average Bonchev–Trinajstić information content (AvgIpc) is 2.63. The van der Waals surface area contributed by atoms with Crippen molar-refractivity contribution in [2.45, 2.75) is 31.0 Å². The number of nitrogens with one attached hydrogen (secondary N) is 1. The number of barbiturate groups is 1. The molecule has 1 unspecified atom stereocenters. The Morgan fingerprint density at radius 3 is 2.45 bits per heavy atom. The van der Waals surface area contributed by atoms with E-state index < -0.39 is 63.2 Å². The van der Waals surface area contributed by atoms with Gasteiger partial charge >= 0.3 is 13.9 Å². The van der Waals surface area contributed by atoms with E-state index in [9.17, 15) is 29.2 Å². The topological polar surface area (TPSA) is 183 Å². The lowest BCUT2D eigenvalue weighted by atomic mass is 10.1. The first-order chi connectivity index (χ1) is 10.1. The van der Waals surface area contributed by atoms with Crippen molar-refractivity contribution in [3.63, 3.8) is 0 Å². The smallest absolute Gasteiger partial charge is 0.387 e. The average molecular weight is 340 g/mol. The van der Waals surface area contributed by atoms with E-state index in [1.807, 2.05) is 5.32 Å². The number of nitrogens with zero attached hydrogens (tertiary/aromatic N) is 1. The molecule has 4 amide bonds. The lowest BCUT2D eigenvalue weighted by Crippen LogP contribution is -2.59. The summed E-state index contributed by atoms with van der Waals surface area (Å²) >= 11 is 0. The first kappa shape index (κ1) is 17.0. The van der Waals surface area contributed by atoms with E-state index in [0.717, 1.165) is 0 Å². The molecule has 12 nitrogen and oxygen atoms in total. The van der Waals surface area contributed by atoms with E-state index in [2.05, 4.69) is 4.52 Å². The van der Waals surface area contributed by atoms with Crippen molar-refractivity contribution in [2.75, 3.05) is 6.61 Å². The first-order valence-electron chi connectivity index (χ1n) is 5.97. The van der Waals surface area contributed by atoms with Gasteiger partial charge in [-0.25, -0.2) is 14.3 Å². The molecule has 0 aromatic carbocycles. The number of rotatable bonds is 4. The molecule has 0 radical (unpaired) electrons. The normalized spacial score (nSPS) is 33.3. The Morgan fingerprint density at radius 2 is 1.91 bits per heavy atom. The zero-order chi connectivity index (χ0) is 16.7. The van der Waals surface area contributed by atoms with Crippen LogP contribution in [-0.4, -0.2) is 73.9 Å². The van der Waals surface area contributed by atoms with Crippen LogP contribution >= 0.6 is 7.82 Å². The maximum atomic E-state index is 11.7. The number of urea groups is 1. The van der Waals surface area contributed by atoms with Gasteiger partial charge in [0.1, 0.15) is 24.7 Å². The number of aliphatic hydroxyl groups is 2. The summed E-state index contributed by atoms with van der Waals surface area (Å²) in [5.41, 5.74) is 0. The zero-order valence-electron chi connectivity index (χ0n) is 10.9. The van der Waals surface area contributed by atoms with E-state index in [4.69, 9.17) is 14.5 Å². The monoisotopic (exact) mass is 340 g/mol. The van der Waals surface area contributed by atoms with Crippen molar-refractivity contribution in [2.24, 2.45) is 0 Å². The fraction of sp³-hybridized carbons (Fsp3) is 0.667. The van der Waals surface area contributed by atoms with Crippen LogP contribution in [-0.2, 0) is 23.4 Å². The summed E-state index contributed by atoms with van der Waals surface area (Å²) in [5, 5.41) is 21.4. The van der Waals surface area contributed by atoms with Crippen LogP contribution in [0.15, 0.2) is 0 Å². The van der Waals surface area contributed by atoms with Crippen LogP contribution in [0.25, 0.3) is 0 Å². The van der Waals surface area contributed by atoms with E-state index in [1.165, 1.54) is 0 Å². The number of ether oxygens (including phenoxy) is 1. The van der Waals surface area contributed by atoms with Crippen LogP contribution in [0.1, 0.15) is 6.42 Å². The summed E-state index contributed by atoms with van der Waals surface area (Å²) in [6, 6.07) is -1.13. The second kappa shape index (κ2) is 6.01. The number of aliphatic hydroxyl groups excluding tert-OH is 2. The lowest BCUT2D eigenvalue weighted by Gasteiger charge is -2.30. The summed E-state index contributed by atoms with van der Waals surface area (Å²) in [7, 11) is -4.83. The Labute approximate surface area is 122 Å². The Balaban J connectivity index is 2.09. The van der Waals surface area contributed by atoms with Gasteiger partial charge in [0.2, 0.25) is 11.8 Å². The summed E-state index contributed by atoms with van der Waals surface area (Å²) in [4.78, 5) is 51.9. The molecule has 5 N–H and O–H groups in total. The second-order valence-electron chi connectivity index (χ2n) is 4.63. The highest BCUT2D eigenvalue weighted by Gasteiger charge is 2.50. The number of imide groups is 2. The fourth-order valence-corrected chi connectivity index (χ4v) is 2.41. The molecule has 2 fully saturated rings. The summed E-state index contributed by atoms with van der Waals surface area (Å²) in [6.07, 6.45) is -7.02. The van der Waals surface area contributed by atoms with Crippen molar-refractivity contribution in [1.82, 2.24) is 10.2 Å². The zero-order valence-corrected chi connectivity index (χ0v) is 11.8. The number of carbonyl (C=O) groups excluding carboxylic acids is 3. The number of hydrogen-bond acceptors (Lipinski definition) is 8. The molecule has 0 spiro atoms. The fourth-order valence-electron chi connectivity index (χ4n) is 2.07. The number of phosphoric ester groups is 1. The minimum absolute atomic E-state index is 0.423. The van der Waals surface area contributed by atoms with Crippen LogP contribution < -0.4 is 5.32 Å². The van der Waals surface area contributed by atoms with Gasteiger partial charge in [0.25, 0.3) is 0 Å². The van der Waals surface area contributed by atoms with Crippen LogP contribution in [0, 0.1) is 0 Å². The van der Waals surface area contributed by atoms with Gasteiger partial charge in [-0.1, -0.05) is 0 Å². The standard InChI is InChI=1S/C9H13N2O10P/c12-4-1-5(13)11(9(16)10-4)8-7(15)6(14)3(21-8)2-20-22(17,18)19/h3,6-8,14-15H,1-2H2,(H,10,12,16)(H2,17,18,19)/t3-,6-,7-,8?/m1/s1. The second-order valence-corrected chi connectivity index (χ2v) is 5.87. The highest BCUT2D eigenvalue weighted by molar-refractivity contribution is 7.46. The molecule has 2 aliphatic rings. The molecule has 2 heterocycles. The number of phosphoric acid groups is 1. The SMILES string of the molecule is O=C1CC(=O)N(C2O[C@H](COP(=O)(O)O)[C@@H](O)[C@H]2O)C(=O)N1. The predicted octanol–water partition coefficient (Wildman–Crippen LogP) is -2.99. The van der Waals surface area contributed by atoms with E-state index in [0.29, 0.717) is 4.90 Å². The van der Waals surface area contributed by atoms with Crippen LogP contribution in [0.2, 0.25) is 0 Å². The molecule has 13 heteroatoms. The van der Waals surface area contributed by atoms with Crippen molar-refractivity contribution in [3.05, 3.63) is 0 Å². The number of hydrogen-bond donors (Lipinski definition) is 5. The van der Waals surface area contributed by atoms with Crippen LogP contribution in [0.5, 0.6) is 0 Å². The van der Waals surface area contributed by atoms with Crippen molar-refractivity contribution >= 4 is 25.7 Å². The Morgan fingerprint density at radius 1 is 1.27 bits per heavy atom. The van der Waals surface area contributed by atoms with Gasteiger partial charge in [-0.3, -0.25) is 19.4 Å². The summed E-state index contributed by atoms with van der Waals surface area (Å²) in [5.74, 6) is -1.76. The van der Waals surface area contributed by atoms with Gasteiger partial charge in [-0.2, -0.15) is 0 Å². The quantitative estimate of drug-likeness (QED) is 0.261. The van der Waals surface area contributed by atoms with E-state index in [1.54, 1.807) is 0 Å². The molecule has 4 atom stereocenters. The summed E-state index contributed by atoms with van der Waals surface area (Å²) < 4.78 is 19.8. The molecule has 22 heavy (non-hydrogen) atoms. The van der Waals surface area contributed by atoms with Gasteiger partial charge in [0, 0.05) is 0 Å². The number of amides is 4. The van der Waals surface area contributed by atoms with Crippen LogP contribution in [0.3, 0.4) is 0 Å². The van der Waals surface area contributed by atoms with Gasteiger partial charge in [0.05, 0.1) is 6.61 Å². The van der Waals surface area contributed by atoms with Gasteiger partial charge < -0.3 is 24.7 Å². The largest absolute Gasteiger partial charge is 0.469 e. The Hall–Kier alpha value is -1.40. The summed E-state index contributed by atoms with van der Waals surface area (Å²) in [6.45, 7) is -0.776. The van der Waals surface area contributed by atoms with E-state index in [-0.39, 0.29) is 0 Å². The third kappa shape index (κ3) is 3.50. The minimum Gasteiger partial charge on any atom is -0.387 e. The first-order valence-corrected chi connectivity index (χ1v) is 7.51. The molecule has 0 bridgehead atoms. The third-order valence-electron chi connectivity index (χ3n) is 3.04. The Kier molecular flexibility index (Phi) is 4.63. The third-order valence-corrected chi connectivity index (χ3v) is 3.53. The molecule has 0 aromatic rings. The maximum absolute atomic E-state index is 11.7. The van der Waals surface area contributed by atoms with Crippen LogP contribution in [0.4, 0.5) is 4.79 Å². The molecule has 124 valence electrons. The molecule has 2 saturated heterocycles. The van der Waals surface area contributed by atoms with Gasteiger partial charge in [-0.05, 0) is 0 Å². The maximum Gasteiger partial charge on any atom is 0.469 e. The Bertz CT molecular complexity index is 527. The molecule has 0 aliphatic carbocycles. The number of carbonyl (C=O) groups is 3. The minimum atomic E-state index is -4.83. The molecular formula is C9H13N2O10P. The molecule has 2 rings (SSSR count). The lowest BCUT2D eigenvalue weighted by molar-refractivity contribution is -0.150. The van der Waals surface area contributed by atoms with Crippen molar-refractivity contribution in [3.8, 4) is 0 Å². The molecule has 2 aliphatic heterocycles. The predicted molar refractivity (Wildman–Crippen MR) is 63.7 cm³/mol. The van der Waals surface area contributed by atoms with Gasteiger partial charge in [-0.15, -0.1) is 0 Å².